The van der Waals surface area contributed by atoms with Gasteiger partial charge in [0.15, 0.2) is 0 Å². The van der Waals surface area contributed by atoms with E-state index in [0.717, 1.165) is 49.8 Å². The highest BCUT2D eigenvalue weighted by atomic mass is 19.4. The lowest BCUT2D eigenvalue weighted by Crippen LogP contribution is -2.15. The Morgan fingerprint density at radius 3 is 1.39 bits per heavy atom. The molecule has 274 valence electrons. The first-order valence-corrected chi connectivity index (χ1v) is 17.8. The fourth-order valence-electron chi connectivity index (χ4n) is 8.29. The topological polar surface area (TPSA) is 33.6 Å². The molecule has 9 aromatic rings. The van der Waals surface area contributed by atoms with Crippen LogP contribution in [0.5, 0.6) is 0 Å². The Hall–Kier alpha value is -6.79. The van der Waals surface area contributed by atoms with Gasteiger partial charge >= 0.3 is 12.4 Å². The maximum atomic E-state index is 15.1. The summed E-state index contributed by atoms with van der Waals surface area (Å²) in [5.74, 6) is 0. The summed E-state index contributed by atoms with van der Waals surface area (Å²) in [6.07, 6.45) is -10.3. The second-order valence-electron chi connectivity index (χ2n) is 14.0. The van der Waals surface area contributed by atoms with Crippen molar-refractivity contribution in [2.75, 3.05) is 0 Å². The predicted molar refractivity (Wildman–Crippen MR) is 210 cm³/mol. The van der Waals surface area contributed by atoms with E-state index in [4.69, 9.17) is 0 Å². The van der Waals surface area contributed by atoms with Crippen molar-refractivity contribution in [1.29, 1.82) is 5.26 Å². The minimum absolute atomic E-state index is 0.0446. The van der Waals surface area contributed by atoms with Crippen LogP contribution >= 0.6 is 0 Å². The number of rotatable bonds is 4. The number of fused-ring (bicyclic) bond motifs is 6. The summed E-state index contributed by atoms with van der Waals surface area (Å²) < 4.78 is 94.2. The zero-order chi connectivity index (χ0) is 39.1. The molecular formula is C47H29F6N3. The van der Waals surface area contributed by atoms with Gasteiger partial charge in [0.1, 0.15) is 0 Å². The molecular weight excluding hydrogens is 721 g/mol. The van der Waals surface area contributed by atoms with Crippen molar-refractivity contribution < 1.29 is 26.3 Å². The highest BCUT2D eigenvalue weighted by Crippen LogP contribution is 2.51. The Labute approximate surface area is 316 Å². The van der Waals surface area contributed by atoms with Crippen molar-refractivity contribution in [2.45, 2.75) is 26.2 Å². The monoisotopic (exact) mass is 749 g/mol. The Balaban J connectivity index is 1.53. The third kappa shape index (κ3) is 5.35. The lowest BCUT2D eigenvalue weighted by atomic mass is 9.85. The van der Waals surface area contributed by atoms with Crippen molar-refractivity contribution >= 4 is 43.6 Å². The summed E-state index contributed by atoms with van der Waals surface area (Å²) in [4.78, 5) is 0. The average molecular weight is 750 g/mol. The highest BCUT2D eigenvalue weighted by molar-refractivity contribution is 6.12. The number of hydrogen-bond acceptors (Lipinski definition) is 1. The second kappa shape index (κ2) is 12.6. The second-order valence-corrected chi connectivity index (χ2v) is 14.0. The third-order valence-electron chi connectivity index (χ3n) is 10.5. The molecule has 0 aliphatic carbocycles. The van der Waals surface area contributed by atoms with Crippen LogP contribution in [0.3, 0.4) is 0 Å². The van der Waals surface area contributed by atoms with E-state index in [1.54, 1.807) is 24.3 Å². The van der Waals surface area contributed by atoms with Gasteiger partial charge in [0, 0.05) is 38.2 Å². The van der Waals surface area contributed by atoms with Gasteiger partial charge in [-0.15, -0.1) is 0 Å². The minimum atomic E-state index is -5.16. The number of nitrogens with zero attached hydrogens (tertiary/aromatic N) is 3. The number of hydrogen-bond donors (Lipinski definition) is 0. The smallest absolute Gasteiger partial charge is 0.309 e. The Bertz CT molecular complexity index is 3070. The molecule has 0 radical (unpaired) electrons. The van der Waals surface area contributed by atoms with Gasteiger partial charge in [0.25, 0.3) is 0 Å². The number of para-hydroxylation sites is 2. The Morgan fingerprint density at radius 2 is 0.893 bits per heavy atom. The molecule has 0 atom stereocenters. The van der Waals surface area contributed by atoms with Crippen molar-refractivity contribution in [3.8, 4) is 39.7 Å². The molecule has 0 amide bonds. The minimum Gasteiger partial charge on any atom is -0.309 e. The van der Waals surface area contributed by atoms with Crippen molar-refractivity contribution in [2.24, 2.45) is 0 Å². The number of aryl methyl sites for hydroxylation is 2. The summed E-state index contributed by atoms with van der Waals surface area (Å²) in [5.41, 5.74) is 1.69. The van der Waals surface area contributed by atoms with Crippen molar-refractivity contribution in [3.05, 3.63) is 167 Å². The van der Waals surface area contributed by atoms with Gasteiger partial charge in [0.05, 0.1) is 56.2 Å². The van der Waals surface area contributed by atoms with Crippen molar-refractivity contribution in [3.63, 3.8) is 0 Å². The first-order valence-electron chi connectivity index (χ1n) is 17.8. The van der Waals surface area contributed by atoms with Crippen LogP contribution in [0, 0.1) is 25.2 Å². The maximum Gasteiger partial charge on any atom is 0.417 e. The van der Waals surface area contributed by atoms with Crippen LogP contribution in [0.25, 0.3) is 77.2 Å². The zero-order valence-corrected chi connectivity index (χ0v) is 29.9. The van der Waals surface area contributed by atoms with Crippen LogP contribution in [0.2, 0.25) is 0 Å². The van der Waals surface area contributed by atoms with Gasteiger partial charge < -0.3 is 9.13 Å². The molecule has 3 nitrogen and oxygen atoms in total. The molecule has 0 saturated carbocycles. The lowest BCUT2D eigenvalue weighted by Gasteiger charge is -2.25. The van der Waals surface area contributed by atoms with E-state index in [1.807, 2.05) is 108 Å². The molecule has 9 heteroatoms. The van der Waals surface area contributed by atoms with E-state index in [0.29, 0.717) is 34.5 Å². The molecule has 2 aromatic heterocycles. The molecule has 56 heavy (non-hydrogen) atoms. The number of alkyl halides is 6. The van der Waals surface area contributed by atoms with Crippen LogP contribution in [0.15, 0.2) is 140 Å². The number of halogens is 6. The fourth-order valence-corrected chi connectivity index (χ4v) is 8.29. The molecule has 0 bridgehead atoms. The standard InChI is InChI=1S/C47H29F6N3/c1-27-20-22-39-33(24-27)30-11-3-5-16-37(30)55(39)41-18-7-10-29(26-54)43(41)45-32(44-35(46(48,49)50)14-9-15-36(44)47(51,52)53)13-8-19-42(45)56-38-17-6-4-12-31(38)34-25-28(2)21-23-40(34)56/h3-25H,1-2H3. The third-order valence-corrected chi connectivity index (χ3v) is 10.5. The molecule has 0 unspecified atom stereocenters. The van der Waals surface area contributed by atoms with Crippen LogP contribution in [0.4, 0.5) is 26.3 Å². The Kier molecular flexibility index (Phi) is 7.89. The van der Waals surface area contributed by atoms with Gasteiger partial charge in [0.2, 0.25) is 0 Å². The summed E-state index contributed by atoms with van der Waals surface area (Å²) in [7, 11) is 0. The van der Waals surface area contributed by atoms with Gasteiger partial charge in [-0.1, -0.05) is 83.9 Å². The lowest BCUT2D eigenvalue weighted by molar-refractivity contribution is -0.142. The molecule has 0 aliphatic rings. The molecule has 0 saturated heterocycles. The van der Waals surface area contributed by atoms with E-state index in [2.05, 4.69) is 6.07 Å². The van der Waals surface area contributed by atoms with E-state index >= 15 is 26.3 Å². The molecule has 0 aliphatic heterocycles. The summed E-state index contributed by atoms with van der Waals surface area (Å²) in [6.45, 7) is 3.92. The van der Waals surface area contributed by atoms with Crippen LogP contribution in [-0.4, -0.2) is 9.13 Å². The average Bonchev–Trinajstić information content (AvgIpc) is 3.68. The van der Waals surface area contributed by atoms with Gasteiger partial charge in [-0.2, -0.15) is 31.6 Å². The molecule has 9 rings (SSSR count). The molecule has 0 N–H and O–H groups in total. The summed E-state index contributed by atoms with van der Waals surface area (Å²) >= 11 is 0. The molecule has 2 heterocycles. The SMILES string of the molecule is Cc1ccc2c(c1)c1ccccc1n2-c1cccc(C#N)c1-c1c(-c2c(C(F)(F)F)cccc2C(F)(F)F)cccc1-n1c2ccccc2c2cc(C)ccc21. The summed E-state index contributed by atoms with van der Waals surface area (Å²) in [5, 5.41) is 14.4. The summed E-state index contributed by atoms with van der Waals surface area (Å²) in [6, 6.07) is 40.8. The van der Waals surface area contributed by atoms with Crippen molar-refractivity contribution in [1.82, 2.24) is 9.13 Å². The number of aromatic nitrogens is 2. The van der Waals surface area contributed by atoms with E-state index in [9.17, 15) is 5.26 Å². The fraction of sp³-hybridized carbons (Fsp3) is 0.0851. The highest BCUT2D eigenvalue weighted by Gasteiger charge is 2.42. The van der Waals surface area contributed by atoms with Crippen LogP contribution in [-0.2, 0) is 12.4 Å². The zero-order valence-electron chi connectivity index (χ0n) is 29.9. The molecule has 7 aromatic carbocycles. The van der Waals surface area contributed by atoms with Gasteiger partial charge in [-0.25, -0.2) is 0 Å². The van der Waals surface area contributed by atoms with Gasteiger partial charge in [-0.3, -0.25) is 0 Å². The predicted octanol–water partition coefficient (Wildman–Crippen LogP) is 13.7. The van der Waals surface area contributed by atoms with Crippen LogP contribution < -0.4 is 0 Å². The van der Waals surface area contributed by atoms with E-state index in [1.165, 1.54) is 12.1 Å². The van der Waals surface area contributed by atoms with Crippen LogP contribution in [0.1, 0.15) is 27.8 Å². The quantitative estimate of drug-likeness (QED) is 0.165. The molecule has 0 fully saturated rings. The largest absolute Gasteiger partial charge is 0.417 e. The van der Waals surface area contributed by atoms with E-state index < -0.39 is 29.0 Å². The molecule has 0 spiro atoms. The first kappa shape index (κ1) is 34.9. The van der Waals surface area contributed by atoms with E-state index in [-0.39, 0.29) is 22.3 Å². The number of nitriles is 1. The maximum absolute atomic E-state index is 15.1. The van der Waals surface area contributed by atoms with Gasteiger partial charge in [-0.05, 0) is 86.1 Å². The number of benzene rings is 7. The first-order chi connectivity index (χ1) is 26.9. The normalized spacial score (nSPS) is 12.3. The Morgan fingerprint density at radius 1 is 0.446 bits per heavy atom.